The lowest BCUT2D eigenvalue weighted by atomic mass is 10.0. The maximum atomic E-state index is 12.6. The fraction of sp³-hybridized carbons (Fsp3) is 0.761. The van der Waals surface area contributed by atoms with Crippen molar-refractivity contribution in [3.8, 4) is 0 Å². The molecule has 3 atom stereocenters. The number of carbonyl (C=O) groups is 3. The van der Waals surface area contributed by atoms with Gasteiger partial charge in [-0.25, -0.2) is 4.57 Å². The summed E-state index contributed by atoms with van der Waals surface area (Å²) in [6, 6.07) is -1.53. The van der Waals surface area contributed by atoms with Gasteiger partial charge in [0.1, 0.15) is 12.6 Å². The second kappa shape index (κ2) is 42.1. The van der Waals surface area contributed by atoms with Crippen molar-refractivity contribution in [1.29, 1.82) is 0 Å². The van der Waals surface area contributed by atoms with Gasteiger partial charge in [0.15, 0.2) is 6.10 Å². The number of aliphatic carboxylic acids is 1. The van der Waals surface area contributed by atoms with E-state index in [1.807, 2.05) is 12.2 Å². The predicted molar refractivity (Wildman–Crippen MR) is 237 cm³/mol. The van der Waals surface area contributed by atoms with E-state index >= 15 is 0 Å². The molecule has 0 rings (SSSR count). The first kappa shape index (κ1) is 56.4. The summed E-state index contributed by atoms with van der Waals surface area (Å²) in [5.74, 6) is -2.46. The smallest absolute Gasteiger partial charge is 0.472 e. The molecule has 12 nitrogen and oxygen atoms in total. The summed E-state index contributed by atoms with van der Waals surface area (Å²) in [5.41, 5.74) is 5.33. The predicted octanol–water partition coefficient (Wildman–Crippen LogP) is 11.1. The number of nitrogens with two attached hydrogens (primary N) is 1. The largest absolute Gasteiger partial charge is 0.480 e. The molecule has 0 fully saturated rings. The van der Waals surface area contributed by atoms with Crippen LogP contribution in [0, 0.1) is 0 Å². The third-order valence-corrected chi connectivity index (χ3v) is 10.6. The van der Waals surface area contributed by atoms with Crippen LogP contribution in [0.15, 0.2) is 48.6 Å². The van der Waals surface area contributed by atoms with Gasteiger partial charge >= 0.3 is 25.7 Å². The lowest BCUT2D eigenvalue weighted by Crippen LogP contribution is -2.34. The Kier molecular flexibility index (Phi) is 40.2. The molecule has 0 bridgehead atoms. The summed E-state index contributed by atoms with van der Waals surface area (Å²) in [5, 5.41) is 17.7. The van der Waals surface area contributed by atoms with Crippen molar-refractivity contribution >= 4 is 25.7 Å². The van der Waals surface area contributed by atoms with Crippen LogP contribution in [0.1, 0.15) is 187 Å². The minimum absolute atomic E-state index is 0.0759. The number of carboxylic acids is 1. The highest BCUT2D eigenvalue weighted by atomic mass is 31.2. The van der Waals surface area contributed by atoms with Crippen molar-refractivity contribution in [2.24, 2.45) is 5.73 Å². The lowest BCUT2D eigenvalue weighted by Gasteiger charge is -2.20. The van der Waals surface area contributed by atoms with Crippen molar-refractivity contribution in [2.45, 2.75) is 199 Å². The van der Waals surface area contributed by atoms with E-state index in [9.17, 15) is 23.8 Å². The van der Waals surface area contributed by atoms with Crippen LogP contribution in [0.4, 0.5) is 0 Å². The molecular weight excluding hydrogens is 773 g/mol. The van der Waals surface area contributed by atoms with Gasteiger partial charge in [-0.2, -0.15) is 0 Å². The van der Waals surface area contributed by atoms with Gasteiger partial charge in [0.2, 0.25) is 0 Å². The maximum absolute atomic E-state index is 12.6. The zero-order valence-corrected chi connectivity index (χ0v) is 37.4. The Hall–Kier alpha value is -2.60. The Morgan fingerprint density at radius 2 is 0.983 bits per heavy atom. The molecule has 13 heteroatoms. The third kappa shape index (κ3) is 41.9. The molecule has 59 heavy (non-hydrogen) atoms. The van der Waals surface area contributed by atoms with Crippen molar-refractivity contribution in [3.05, 3.63) is 48.6 Å². The highest BCUT2D eigenvalue weighted by Crippen LogP contribution is 2.43. The number of ether oxygens (including phenoxy) is 2. The number of esters is 2. The Morgan fingerprint density at radius 3 is 1.47 bits per heavy atom. The minimum Gasteiger partial charge on any atom is -0.480 e. The Morgan fingerprint density at radius 1 is 0.559 bits per heavy atom. The number of unbranched alkanes of at least 4 members (excludes halogenated alkanes) is 20. The summed E-state index contributed by atoms with van der Waals surface area (Å²) in [7, 11) is -4.74. The normalized spacial score (nSPS) is 14.1. The summed E-state index contributed by atoms with van der Waals surface area (Å²) in [6.45, 7) is 0.766. The lowest BCUT2D eigenvalue weighted by molar-refractivity contribution is -0.161. The maximum Gasteiger partial charge on any atom is 0.472 e. The van der Waals surface area contributed by atoms with Gasteiger partial charge in [0.25, 0.3) is 0 Å². The Balaban J connectivity index is 4.41. The first-order valence-corrected chi connectivity index (χ1v) is 24.3. The molecule has 0 spiro atoms. The average molecular weight is 856 g/mol. The molecular formula is C46H82NO11P. The van der Waals surface area contributed by atoms with Gasteiger partial charge in [-0.15, -0.1) is 0 Å². The topological polar surface area (TPSA) is 192 Å². The van der Waals surface area contributed by atoms with E-state index in [0.29, 0.717) is 19.3 Å². The molecule has 0 aliphatic heterocycles. The zero-order chi connectivity index (χ0) is 43.5. The summed E-state index contributed by atoms with van der Waals surface area (Å²) in [4.78, 5) is 46.0. The second-order valence-corrected chi connectivity index (χ2v) is 16.7. The van der Waals surface area contributed by atoms with E-state index in [1.165, 1.54) is 83.5 Å². The van der Waals surface area contributed by atoms with Gasteiger partial charge in [-0.05, 0) is 57.8 Å². The van der Waals surface area contributed by atoms with Gasteiger partial charge in [-0.1, -0.05) is 165 Å². The van der Waals surface area contributed by atoms with E-state index < -0.39 is 51.1 Å². The van der Waals surface area contributed by atoms with Crippen LogP contribution in [-0.2, 0) is 37.5 Å². The average Bonchev–Trinajstić information content (AvgIpc) is 3.21. The van der Waals surface area contributed by atoms with Crippen molar-refractivity contribution < 1.29 is 52.6 Å². The number of phosphoric acid groups is 1. The highest BCUT2D eigenvalue weighted by molar-refractivity contribution is 7.47. The molecule has 342 valence electrons. The SMILES string of the molecule is CCCCCCCCCCCCCCCCCCCC(=O)OC[C@H](COP(=O)(O)OC[C@H](N)C(=O)O)OC(=O)CCC/C=C\C/C=C\C/C=C\C/C=C\CCCCCO. The van der Waals surface area contributed by atoms with Crippen LogP contribution in [0.2, 0.25) is 0 Å². The fourth-order valence-electron chi connectivity index (χ4n) is 6.04. The Labute approximate surface area is 357 Å². The number of allylic oxidation sites excluding steroid dienone is 8. The summed E-state index contributed by atoms with van der Waals surface area (Å²) >= 11 is 0. The van der Waals surface area contributed by atoms with Crippen molar-refractivity contribution in [3.63, 3.8) is 0 Å². The monoisotopic (exact) mass is 856 g/mol. The number of hydrogen-bond acceptors (Lipinski definition) is 10. The molecule has 0 radical (unpaired) electrons. The van der Waals surface area contributed by atoms with E-state index in [2.05, 4.69) is 47.9 Å². The molecule has 0 amide bonds. The van der Waals surface area contributed by atoms with Gasteiger partial charge < -0.3 is 30.3 Å². The van der Waals surface area contributed by atoms with Crippen LogP contribution < -0.4 is 5.73 Å². The molecule has 1 unspecified atom stereocenters. The fourth-order valence-corrected chi connectivity index (χ4v) is 6.82. The minimum atomic E-state index is -4.74. The quantitative estimate of drug-likeness (QED) is 0.0197. The molecule has 0 heterocycles. The molecule has 0 aliphatic rings. The standard InChI is InChI=1S/C46H82NO11P/c1-2-3-4-5-6-7-8-9-10-12-15-18-21-24-27-30-33-36-44(49)55-39-42(40-56-59(53,54)57-41-43(47)46(51)52)58-45(50)37-34-31-28-25-22-19-16-13-11-14-17-20-23-26-29-32-35-38-48/h11,14,16,19-20,23,25,28,42-43,48H,2-10,12-13,15,17-18,21-22,24,26-27,29-41,47H2,1H3,(H,51,52)(H,53,54)/b14-11-,19-16-,23-20-,28-25-/t42-,43+/m1/s1. The number of carbonyl (C=O) groups excluding carboxylic acids is 2. The number of carboxylic acid groups (broad SMARTS) is 1. The summed E-state index contributed by atoms with van der Waals surface area (Å²) in [6.07, 6.45) is 44.8. The molecule has 0 aliphatic carbocycles. The Bertz CT molecular complexity index is 1190. The third-order valence-electron chi connectivity index (χ3n) is 9.63. The van der Waals surface area contributed by atoms with Gasteiger partial charge in [0.05, 0.1) is 13.2 Å². The van der Waals surface area contributed by atoms with E-state index in [0.717, 1.165) is 64.2 Å². The van der Waals surface area contributed by atoms with Crippen LogP contribution >= 0.6 is 7.82 Å². The van der Waals surface area contributed by atoms with E-state index in [4.69, 9.17) is 29.9 Å². The van der Waals surface area contributed by atoms with Crippen molar-refractivity contribution in [2.75, 3.05) is 26.4 Å². The van der Waals surface area contributed by atoms with Gasteiger partial charge in [-0.3, -0.25) is 23.4 Å². The highest BCUT2D eigenvalue weighted by Gasteiger charge is 2.28. The van der Waals surface area contributed by atoms with Crippen LogP contribution in [0.5, 0.6) is 0 Å². The van der Waals surface area contributed by atoms with Crippen molar-refractivity contribution in [1.82, 2.24) is 0 Å². The molecule has 0 saturated heterocycles. The zero-order valence-electron chi connectivity index (χ0n) is 36.5. The number of phosphoric ester groups is 1. The molecule has 0 aromatic rings. The van der Waals surface area contributed by atoms with Crippen LogP contribution in [-0.4, -0.2) is 71.6 Å². The summed E-state index contributed by atoms with van der Waals surface area (Å²) < 4.78 is 32.7. The number of aliphatic hydroxyl groups excluding tert-OH is 1. The molecule has 0 aromatic carbocycles. The molecule has 0 aromatic heterocycles. The number of rotatable bonds is 43. The first-order valence-electron chi connectivity index (χ1n) is 22.8. The van der Waals surface area contributed by atoms with Crippen LogP contribution in [0.3, 0.4) is 0 Å². The molecule has 0 saturated carbocycles. The number of hydrogen-bond donors (Lipinski definition) is 4. The van der Waals surface area contributed by atoms with Gasteiger partial charge in [0, 0.05) is 19.4 Å². The van der Waals surface area contributed by atoms with E-state index in [-0.39, 0.29) is 26.1 Å². The molecule has 5 N–H and O–H groups in total. The first-order chi connectivity index (χ1) is 28.6. The second-order valence-electron chi connectivity index (χ2n) is 15.3. The number of aliphatic hydroxyl groups is 1. The van der Waals surface area contributed by atoms with Crippen LogP contribution in [0.25, 0.3) is 0 Å². The van der Waals surface area contributed by atoms with E-state index in [1.54, 1.807) is 0 Å².